The zero-order valence-corrected chi connectivity index (χ0v) is 24.8. The van der Waals surface area contributed by atoms with Gasteiger partial charge in [0, 0.05) is 68.3 Å². The van der Waals surface area contributed by atoms with Crippen molar-refractivity contribution in [2.75, 3.05) is 25.6 Å². The number of amides is 1. The highest BCUT2D eigenvalue weighted by molar-refractivity contribution is 6.00. The molecule has 2 bridgehead atoms. The quantitative estimate of drug-likeness (QED) is 0.298. The lowest BCUT2D eigenvalue weighted by Crippen LogP contribution is -2.41. The van der Waals surface area contributed by atoms with Crippen LogP contribution in [-0.2, 0) is 13.6 Å². The first-order chi connectivity index (χ1) is 20.9. The van der Waals surface area contributed by atoms with Crippen LogP contribution in [0.4, 0.5) is 11.5 Å². The topological polar surface area (TPSA) is 107 Å². The van der Waals surface area contributed by atoms with E-state index in [0.717, 1.165) is 71.0 Å². The number of carbonyl (C=O) groups excluding carboxylic acids is 1. The first-order valence-electron chi connectivity index (χ1n) is 15.2. The summed E-state index contributed by atoms with van der Waals surface area (Å²) >= 11 is 0. The number of fused-ring (bicyclic) bond motifs is 4. The molecule has 3 fully saturated rings. The number of aryl methyl sites for hydroxylation is 1. The number of ether oxygens (including phenoxy) is 1. The van der Waals surface area contributed by atoms with Crippen LogP contribution in [0.2, 0.25) is 0 Å². The maximum Gasteiger partial charge on any atom is 0.254 e. The Balaban J connectivity index is 1.23. The van der Waals surface area contributed by atoms with Crippen molar-refractivity contribution < 1.29 is 9.53 Å². The van der Waals surface area contributed by atoms with Crippen LogP contribution in [0.1, 0.15) is 36.0 Å². The van der Waals surface area contributed by atoms with E-state index < -0.39 is 0 Å². The number of likely N-dealkylation sites (tertiary alicyclic amines) is 1. The van der Waals surface area contributed by atoms with Crippen LogP contribution >= 0.6 is 0 Å². The van der Waals surface area contributed by atoms with Crippen LogP contribution in [0.25, 0.3) is 33.6 Å². The van der Waals surface area contributed by atoms with E-state index in [1.165, 1.54) is 12.8 Å². The van der Waals surface area contributed by atoms with Crippen LogP contribution in [-0.4, -0.2) is 67.7 Å². The maximum atomic E-state index is 13.7. The third kappa shape index (κ3) is 4.18. The summed E-state index contributed by atoms with van der Waals surface area (Å²) in [4.78, 5) is 32.2. The van der Waals surface area contributed by atoms with Gasteiger partial charge in [-0.3, -0.25) is 9.78 Å². The van der Waals surface area contributed by atoms with E-state index in [4.69, 9.17) is 20.4 Å². The number of rotatable bonds is 7. The minimum atomic E-state index is 0.00736. The summed E-state index contributed by atoms with van der Waals surface area (Å²) in [7, 11) is 5.69. The summed E-state index contributed by atoms with van der Waals surface area (Å²) in [5, 5.41) is 1.07. The molecule has 3 aliphatic rings. The smallest absolute Gasteiger partial charge is 0.254 e. The van der Waals surface area contributed by atoms with Gasteiger partial charge in [-0.2, -0.15) is 0 Å². The van der Waals surface area contributed by atoms with Crippen molar-refractivity contribution in [1.82, 2.24) is 29.0 Å². The van der Waals surface area contributed by atoms with E-state index >= 15 is 0 Å². The van der Waals surface area contributed by atoms with Gasteiger partial charge in [-0.05, 0) is 80.0 Å². The van der Waals surface area contributed by atoms with Crippen LogP contribution in [0.3, 0.4) is 0 Å². The predicted molar refractivity (Wildman–Crippen MR) is 167 cm³/mol. The largest absolute Gasteiger partial charge is 0.494 e. The molecule has 1 amide bonds. The van der Waals surface area contributed by atoms with Crippen molar-refractivity contribution in [3.05, 3.63) is 60.4 Å². The number of nitrogens with zero attached hydrogens (tertiary/aromatic N) is 7. The molecule has 8 rings (SSSR count). The third-order valence-electron chi connectivity index (χ3n) is 9.81. The molecule has 10 nitrogen and oxygen atoms in total. The molecule has 4 aromatic heterocycles. The standard InChI is InChI=1S/C33H36N8O2/c1-38(23-10-12-35-13-11-23)28-9-7-20-15-26(40(31(20)37-28)17-19-4-5-19)32-36-24-14-22(16-27(43-3)30(24)39(32)2)33(42)41-18-21-6-8-25(41)29(21)34/h7,9-16,19,21,25,29H,4-6,8,17-18,34H2,1-3H3/t21-,25-,29-/m1/s1. The molecule has 0 radical (unpaired) electrons. The average Bonchev–Trinajstić information content (AvgIpc) is 3.44. The summed E-state index contributed by atoms with van der Waals surface area (Å²) in [5.74, 6) is 3.36. The van der Waals surface area contributed by atoms with E-state index in [9.17, 15) is 4.79 Å². The van der Waals surface area contributed by atoms with Crippen molar-refractivity contribution in [2.45, 2.75) is 44.3 Å². The minimum Gasteiger partial charge on any atom is -0.494 e. The second-order valence-electron chi connectivity index (χ2n) is 12.4. The van der Waals surface area contributed by atoms with Gasteiger partial charge in [-0.25, -0.2) is 9.97 Å². The Labute approximate surface area is 250 Å². The van der Waals surface area contributed by atoms with Gasteiger partial charge in [-0.15, -0.1) is 0 Å². The minimum absolute atomic E-state index is 0.00736. The molecule has 1 aliphatic heterocycles. The molecule has 3 atom stereocenters. The molecule has 2 aliphatic carbocycles. The highest BCUT2D eigenvalue weighted by atomic mass is 16.5. The predicted octanol–water partition coefficient (Wildman–Crippen LogP) is 4.73. The molecule has 1 saturated heterocycles. The number of imidazole rings is 1. The molecule has 2 N–H and O–H groups in total. The van der Waals surface area contributed by atoms with E-state index in [2.05, 4.69) is 37.2 Å². The number of hydrogen-bond acceptors (Lipinski definition) is 7. The van der Waals surface area contributed by atoms with Crippen molar-refractivity contribution in [3.8, 4) is 17.3 Å². The number of pyridine rings is 2. The van der Waals surface area contributed by atoms with Crippen molar-refractivity contribution in [3.63, 3.8) is 0 Å². The van der Waals surface area contributed by atoms with Gasteiger partial charge >= 0.3 is 0 Å². The lowest BCUT2D eigenvalue weighted by molar-refractivity contribution is 0.0700. The number of methoxy groups -OCH3 is 1. The monoisotopic (exact) mass is 576 g/mol. The maximum absolute atomic E-state index is 13.7. The number of benzene rings is 1. The normalized spacial score (nSPS) is 21.3. The van der Waals surface area contributed by atoms with E-state index in [-0.39, 0.29) is 18.0 Å². The fourth-order valence-corrected chi connectivity index (χ4v) is 7.20. The zero-order valence-electron chi connectivity index (χ0n) is 24.8. The summed E-state index contributed by atoms with van der Waals surface area (Å²) in [6.45, 7) is 1.61. The summed E-state index contributed by atoms with van der Waals surface area (Å²) < 4.78 is 10.3. The molecule has 0 unspecified atom stereocenters. The number of carbonyl (C=O) groups is 1. The lowest BCUT2D eigenvalue weighted by atomic mass is 10.1. The first-order valence-corrected chi connectivity index (χ1v) is 15.2. The number of anilines is 2. The van der Waals surface area contributed by atoms with Crippen LogP contribution < -0.4 is 15.4 Å². The molecule has 0 spiro atoms. The van der Waals surface area contributed by atoms with Gasteiger partial charge in [0.15, 0.2) is 5.82 Å². The molecule has 2 saturated carbocycles. The molecule has 5 aromatic rings. The molecular formula is C33H36N8O2. The van der Waals surface area contributed by atoms with Gasteiger partial charge in [-0.1, -0.05) is 0 Å². The lowest BCUT2D eigenvalue weighted by Gasteiger charge is -2.27. The molecule has 10 heteroatoms. The second-order valence-corrected chi connectivity index (χ2v) is 12.4. The van der Waals surface area contributed by atoms with Gasteiger partial charge in [0.2, 0.25) is 0 Å². The van der Waals surface area contributed by atoms with Crippen LogP contribution in [0.5, 0.6) is 5.75 Å². The van der Waals surface area contributed by atoms with Crippen molar-refractivity contribution >= 4 is 39.5 Å². The Morgan fingerprint density at radius 3 is 2.58 bits per heavy atom. The van der Waals surface area contributed by atoms with Gasteiger partial charge in [0.1, 0.15) is 22.7 Å². The van der Waals surface area contributed by atoms with E-state index in [1.54, 1.807) is 19.5 Å². The number of hydrogen-bond donors (Lipinski definition) is 1. The molecule has 5 heterocycles. The Hall–Kier alpha value is -4.44. The molecule has 1 aromatic carbocycles. The summed E-state index contributed by atoms with van der Waals surface area (Å²) in [6, 6.07) is 14.3. The Morgan fingerprint density at radius 2 is 1.88 bits per heavy atom. The second kappa shape index (κ2) is 9.80. The third-order valence-corrected chi connectivity index (χ3v) is 9.81. The fourth-order valence-electron chi connectivity index (χ4n) is 7.20. The first kappa shape index (κ1) is 26.2. The van der Waals surface area contributed by atoms with Crippen LogP contribution in [0.15, 0.2) is 54.9 Å². The van der Waals surface area contributed by atoms with Gasteiger partial charge in [0.25, 0.3) is 5.91 Å². The number of nitrogens with two attached hydrogens (primary N) is 1. The Kier molecular flexibility index (Phi) is 5.98. The van der Waals surface area contributed by atoms with Crippen molar-refractivity contribution in [2.24, 2.45) is 24.6 Å². The molecule has 43 heavy (non-hydrogen) atoms. The highest BCUT2D eigenvalue weighted by Gasteiger charge is 2.47. The van der Waals surface area contributed by atoms with Crippen molar-refractivity contribution in [1.29, 1.82) is 0 Å². The number of piperidine rings is 1. The SMILES string of the molecule is COc1cc(C(=O)N2C[C@H]3CC[C@@H]2[C@@H]3N)cc2nc(-c3cc4ccc(N(C)c5ccncc5)nc4n3CC3CC3)n(C)c12. The van der Waals surface area contributed by atoms with Gasteiger partial charge < -0.3 is 29.4 Å². The number of aromatic nitrogens is 5. The fraction of sp³-hybridized carbons (Fsp3) is 0.394. The highest BCUT2D eigenvalue weighted by Crippen LogP contribution is 2.40. The average molecular weight is 577 g/mol. The summed E-state index contributed by atoms with van der Waals surface area (Å²) in [5.41, 5.74) is 11.6. The Bertz CT molecular complexity index is 1870. The van der Waals surface area contributed by atoms with Gasteiger partial charge in [0.05, 0.1) is 18.3 Å². The zero-order chi connectivity index (χ0) is 29.4. The summed E-state index contributed by atoms with van der Waals surface area (Å²) in [6.07, 6.45) is 8.11. The Morgan fingerprint density at radius 1 is 1.07 bits per heavy atom. The molecular weight excluding hydrogens is 540 g/mol. The van der Waals surface area contributed by atoms with E-state index in [1.807, 2.05) is 43.3 Å². The molecule has 220 valence electrons. The van der Waals surface area contributed by atoms with Crippen LogP contribution in [0, 0.1) is 11.8 Å². The van der Waals surface area contributed by atoms with E-state index in [0.29, 0.717) is 23.1 Å².